The molecule has 1 amide bonds. The van der Waals surface area contributed by atoms with E-state index in [0.29, 0.717) is 37.6 Å². The largest absolute Gasteiger partial charge is 0.486 e. The molecule has 2 aromatic carbocycles. The number of carbonyl (C=O) groups is 3. The van der Waals surface area contributed by atoms with E-state index in [-0.39, 0.29) is 12.4 Å². The van der Waals surface area contributed by atoms with Gasteiger partial charge in [0.05, 0.1) is 5.69 Å². The maximum atomic E-state index is 12.6. The van der Waals surface area contributed by atoms with Crippen LogP contribution in [0.15, 0.2) is 48.5 Å². The summed E-state index contributed by atoms with van der Waals surface area (Å²) in [6.45, 7) is 4.79. The van der Waals surface area contributed by atoms with E-state index in [0.717, 1.165) is 11.3 Å². The molecule has 0 saturated heterocycles. The van der Waals surface area contributed by atoms with Crippen molar-refractivity contribution in [1.29, 1.82) is 0 Å². The van der Waals surface area contributed by atoms with Crippen LogP contribution in [0, 0.1) is 6.92 Å². The topological polar surface area (TPSA) is 94.6 Å². The number of aromatic nitrogens is 1. The molecule has 0 radical (unpaired) electrons. The number of hydrogen-bond donors (Lipinski definition) is 1. The molecule has 32 heavy (non-hydrogen) atoms. The average Bonchev–Trinajstić information content (AvgIpc) is 3.14. The number of Topliss-reactive ketones (excluding diaryl/α,β-unsaturated/α-hetero) is 1. The van der Waals surface area contributed by atoms with Crippen molar-refractivity contribution in [3.8, 4) is 5.75 Å². The molecule has 7 nitrogen and oxygen atoms in total. The molecule has 0 bridgehead atoms. The first-order valence-corrected chi connectivity index (χ1v) is 10.9. The molecule has 0 aliphatic carbocycles. The third-order valence-corrected chi connectivity index (χ3v) is 5.75. The average molecular weight is 473 g/mol. The van der Waals surface area contributed by atoms with E-state index in [1.165, 1.54) is 13.8 Å². The van der Waals surface area contributed by atoms with E-state index in [9.17, 15) is 14.4 Å². The number of benzene rings is 2. The standard InChI is InChI=1S/C23H21ClN2O5S/c1-13-21(32-20(25-13)12-30-19-9-7-17(24)8-10-19)23(29)31-15(3)22(28)26-18-6-4-5-16(11-18)14(2)27/h4-11,15H,12H2,1-3H3,(H,26,28)/t15-/m1/s1. The van der Waals surface area contributed by atoms with Crippen LogP contribution in [-0.2, 0) is 16.1 Å². The Morgan fingerprint density at radius 2 is 1.88 bits per heavy atom. The second-order valence-electron chi connectivity index (χ2n) is 6.94. The highest BCUT2D eigenvalue weighted by Crippen LogP contribution is 2.23. The van der Waals surface area contributed by atoms with Gasteiger partial charge >= 0.3 is 5.97 Å². The van der Waals surface area contributed by atoms with Crippen molar-refractivity contribution in [1.82, 2.24) is 4.98 Å². The van der Waals surface area contributed by atoms with Crippen LogP contribution in [-0.4, -0.2) is 28.7 Å². The molecule has 0 saturated carbocycles. The first-order chi connectivity index (χ1) is 15.2. The molecule has 0 fully saturated rings. The number of halogens is 1. The van der Waals surface area contributed by atoms with Crippen molar-refractivity contribution in [2.45, 2.75) is 33.5 Å². The van der Waals surface area contributed by atoms with Gasteiger partial charge in [0.15, 0.2) is 11.9 Å². The van der Waals surface area contributed by atoms with Crippen LogP contribution >= 0.6 is 22.9 Å². The zero-order chi connectivity index (χ0) is 23.3. The first-order valence-electron chi connectivity index (χ1n) is 9.70. The van der Waals surface area contributed by atoms with Gasteiger partial charge in [0.25, 0.3) is 5.91 Å². The van der Waals surface area contributed by atoms with E-state index in [2.05, 4.69) is 10.3 Å². The third-order valence-electron chi connectivity index (χ3n) is 4.39. The minimum atomic E-state index is -1.04. The van der Waals surface area contributed by atoms with Gasteiger partial charge in [-0.15, -0.1) is 11.3 Å². The molecule has 9 heteroatoms. The summed E-state index contributed by atoms with van der Waals surface area (Å²) in [5.41, 5.74) is 1.42. The molecule has 166 valence electrons. The van der Waals surface area contributed by atoms with Crippen LogP contribution in [0.25, 0.3) is 0 Å². The minimum absolute atomic E-state index is 0.114. The van der Waals surface area contributed by atoms with Gasteiger partial charge < -0.3 is 14.8 Å². The maximum absolute atomic E-state index is 12.6. The summed E-state index contributed by atoms with van der Waals surface area (Å²) in [6, 6.07) is 13.5. The van der Waals surface area contributed by atoms with Crippen molar-refractivity contribution in [2.75, 3.05) is 5.32 Å². The molecular weight excluding hydrogens is 452 g/mol. The predicted octanol–water partition coefficient (Wildman–Crippen LogP) is 5.07. The number of rotatable bonds is 8. The lowest BCUT2D eigenvalue weighted by atomic mass is 10.1. The number of anilines is 1. The molecular formula is C23H21ClN2O5S. The second-order valence-corrected chi connectivity index (χ2v) is 8.46. The molecule has 1 heterocycles. The van der Waals surface area contributed by atoms with Crippen molar-refractivity contribution >= 4 is 46.3 Å². The van der Waals surface area contributed by atoms with E-state index < -0.39 is 18.0 Å². The lowest BCUT2D eigenvalue weighted by molar-refractivity contribution is -0.123. The molecule has 1 N–H and O–H groups in total. The fourth-order valence-corrected chi connectivity index (χ4v) is 3.69. The number of hydrogen-bond acceptors (Lipinski definition) is 7. The van der Waals surface area contributed by atoms with Crippen LogP contribution in [0.1, 0.15) is 44.6 Å². The van der Waals surface area contributed by atoms with Crippen LogP contribution in [0.5, 0.6) is 5.75 Å². The highest BCUT2D eigenvalue weighted by molar-refractivity contribution is 7.13. The molecule has 1 aromatic heterocycles. The Labute approximate surface area is 194 Å². The van der Waals surface area contributed by atoms with Gasteiger partial charge in [-0.05, 0) is 57.2 Å². The normalized spacial score (nSPS) is 11.5. The summed E-state index contributed by atoms with van der Waals surface area (Å²) in [6.07, 6.45) is -1.04. The molecule has 1 atom stereocenters. The highest BCUT2D eigenvalue weighted by Gasteiger charge is 2.23. The van der Waals surface area contributed by atoms with Gasteiger partial charge in [-0.2, -0.15) is 0 Å². The van der Waals surface area contributed by atoms with Crippen molar-refractivity contribution < 1.29 is 23.9 Å². The Morgan fingerprint density at radius 1 is 1.16 bits per heavy atom. The monoisotopic (exact) mass is 472 g/mol. The molecule has 3 aromatic rings. The number of amides is 1. The second kappa shape index (κ2) is 10.4. The minimum Gasteiger partial charge on any atom is -0.486 e. The maximum Gasteiger partial charge on any atom is 0.351 e. The zero-order valence-electron chi connectivity index (χ0n) is 17.7. The Morgan fingerprint density at radius 3 is 2.56 bits per heavy atom. The fourth-order valence-electron chi connectivity index (χ4n) is 2.71. The number of esters is 1. The Balaban J connectivity index is 1.58. The number of ketones is 1. The SMILES string of the molecule is CC(=O)c1cccc(NC(=O)[C@@H](C)OC(=O)c2sc(COc3ccc(Cl)cc3)nc2C)c1. The Bertz CT molecular complexity index is 1140. The van der Waals surface area contributed by atoms with Gasteiger partial charge in [0.1, 0.15) is 22.2 Å². The lowest BCUT2D eigenvalue weighted by Gasteiger charge is -2.13. The summed E-state index contributed by atoms with van der Waals surface area (Å²) >= 11 is 7.00. The molecule has 0 aliphatic heterocycles. The summed E-state index contributed by atoms with van der Waals surface area (Å²) in [5.74, 6) is -0.631. The predicted molar refractivity (Wildman–Crippen MR) is 123 cm³/mol. The van der Waals surface area contributed by atoms with E-state index in [1.54, 1.807) is 55.5 Å². The van der Waals surface area contributed by atoms with Gasteiger partial charge in [0.2, 0.25) is 0 Å². The van der Waals surface area contributed by atoms with Crippen molar-refractivity contribution in [3.05, 3.63) is 74.7 Å². The van der Waals surface area contributed by atoms with Crippen LogP contribution in [0.4, 0.5) is 5.69 Å². The van der Waals surface area contributed by atoms with Gasteiger partial charge in [0, 0.05) is 16.3 Å². The van der Waals surface area contributed by atoms with Gasteiger partial charge in [-0.3, -0.25) is 9.59 Å². The summed E-state index contributed by atoms with van der Waals surface area (Å²) in [4.78, 5) is 41.1. The number of nitrogens with one attached hydrogen (secondary N) is 1. The number of thiazole rings is 1. The summed E-state index contributed by atoms with van der Waals surface area (Å²) < 4.78 is 11.0. The number of carbonyl (C=O) groups excluding carboxylic acids is 3. The number of ether oxygens (including phenoxy) is 2. The molecule has 0 spiro atoms. The van der Waals surface area contributed by atoms with Crippen molar-refractivity contribution in [3.63, 3.8) is 0 Å². The molecule has 0 unspecified atom stereocenters. The van der Waals surface area contributed by atoms with E-state index >= 15 is 0 Å². The molecule has 0 aliphatic rings. The quantitative estimate of drug-likeness (QED) is 0.363. The lowest BCUT2D eigenvalue weighted by Crippen LogP contribution is -2.30. The van der Waals surface area contributed by atoms with Crippen LogP contribution < -0.4 is 10.1 Å². The van der Waals surface area contributed by atoms with Crippen molar-refractivity contribution in [2.24, 2.45) is 0 Å². The van der Waals surface area contributed by atoms with E-state index in [4.69, 9.17) is 21.1 Å². The van der Waals surface area contributed by atoms with Crippen LogP contribution in [0.3, 0.4) is 0 Å². The fraction of sp³-hybridized carbons (Fsp3) is 0.217. The van der Waals surface area contributed by atoms with Crippen LogP contribution in [0.2, 0.25) is 5.02 Å². The first kappa shape index (κ1) is 23.4. The molecule has 3 rings (SSSR count). The number of nitrogens with zero attached hydrogens (tertiary/aromatic N) is 1. The third kappa shape index (κ3) is 6.15. The smallest absolute Gasteiger partial charge is 0.351 e. The van der Waals surface area contributed by atoms with E-state index in [1.807, 2.05) is 0 Å². The Hall–Kier alpha value is -3.23. The van der Waals surface area contributed by atoms with Gasteiger partial charge in [-0.1, -0.05) is 23.7 Å². The zero-order valence-corrected chi connectivity index (χ0v) is 19.3. The van der Waals surface area contributed by atoms with Gasteiger partial charge in [-0.25, -0.2) is 9.78 Å². The summed E-state index contributed by atoms with van der Waals surface area (Å²) in [7, 11) is 0. The summed E-state index contributed by atoms with van der Waals surface area (Å²) in [5, 5.41) is 3.85. The number of aryl methyl sites for hydroxylation is 1. The Kier molecular flexibility index (Phi) is 7.61. The highest BCUT2D eigenvalue weighted by atomic mass is 35.5.